The third-order valence-corrected chi connectivity index (χ3v) is 6.48. The molecule has 2 heterocycles. The van der Waals surface area contributed by atoms with Crippen LogP contribution in [0, 0.1) is 6.92 Å². The van der Waals surface area contributed by atoms with Gasteiger partial charge in [-0.3, -0.25) is 0 Å². The van der Waals surface area contributed by atoms with Crippen molar-refractivity contribution in [1.29, 1.82) is 0 Å². The van der Waals surface area contributed by atoms with Crippen molar-refractivity contribution in [1.82, 2.24) is 25.4 Å². The Kier molecular flexibility index (Phi) is 11.0. The summed E-state index contributed by atoms with van der Waals surface area (Å²) in [6, 6.07) is 12.1. The molecule has 0 saturated carbocycles. The average Bonchev–Trinajstić information content (AvgIpc) is 3.35. The van der Waals surface area contributed by atoms with E-state index in [1.807, 2.05) is 42.8 Å². The molecule has 1 aromatic carbocycles. The monoisotopic (exact) mass is 576 g/mol. The maximum absolute atomic E-state index is 5.94. The third-order valence-electron chi connectivity index (χ3n) is 4.28. The van der Waals surface area contributed by atoms with Crippen LogP contribution in [0.25, 0.3) is 0 Å². The lowest BCUT2D eigenvalue weighted by Crippen LogP contribution is -2.39. The Morgan fingerprint density at radius 3 is 2.60 bits per heavy atom. The van der Waals surface area contributed by atoms with E-state index in [9.17, 15) is 0 Å². The number of halogens is 2. The Balaban J connectivity index is 0.00000320. The Morgan fingerprint density at radius 1 is 1.17 bits per heavy atom. The van der Waals surface area contributed by atoms with Crippen molar-refractivity contribution < 1.29 is 0 Å². The number of nitrogens with zero attached hydrogens (tertiary/aromatic N) is 4. The van der Waals surface area contributed by atoms with Crippen LogP contribution in [0.4, 0.5) is 0 Å². The molecule has 6 nitrogen and oxygen atoms in total. The zero-order valence-electron chi connectivity index (χ0n) is 17.0. The van der Waals surface area contributed by atoms with Crippen LogP contribution in [-0.2, 0) is 20.0 Å². The van der Waals surface area contributed by atoms with Gasteiger partial charge in [0.1, 0.15) is 12.4 Å². The van der Waals surface area contributed by atoms with E-state index in [0.717, 1.165) is 47.9 Å². The zero-order chi connectivity index (χ0) is 20.5. The van der Waals surface area contributed by atoms with Gasteiger partial charge in [0, 0.05) is 40.7 Å². The molecule has 0 aliphatic rings. The Morgan fingerprint density at radius 2 is 1.93 bits per heavy atom. The molecule has 2 aromatic heterocycles. The first-order valence-electron chi connectivity index (χ1n) is 9.39. The highest BCUT2D eigenvalue weighted by Crippen LogP contribution is 2.19. The number of thioether (sulfide) groups is 1. The summed E-state index contributed by atoms with van der Waals surface area (Å²) in [7, 11) is 1.96. The van der Waals surface area contributed by atoms with E-state index in [1.54, 1.807) is 23.1 Å². The first kappa shape index (κ1) is 25.0. The van der Waals surface area contributed by atoms with Gasteiger partial charge in [-0.05, 0) is 49.1 Å². The van der Waals surface area contributed by atoms with Gasteiger partial charge in [0.2, 0.25) is 0 Å². The highest BCUT2D eigenvalue weighted by Gasteiger charge is 2.05. The lowest BCUT2D eigenvalue weighted by molar-refractivity contribution is 0.755. The van der Waals surface area contributed by atoms with Gasteiger partial charge >= 0.3 is 0 Å². The molecule has 162 valence electrons. The molecule has 0 bridgehead atoms. The number of rotatable bonds is 9. The minimum absolute atomic E-state index is 0. The summed E-state index contributed by atoms with van der Waals surface area (Å²) < 4.78 is 1.96. The predicted molar refractivity (Wildman–Crippen MR) is 138 cm³/mol. The van der Waals surface area contributed by atoms with Crippen LogP contribution in [-0.4, -0.2) is 39.6 Å². The summed E-state index contributed by atoms with van der Waals surface area (Å²) >= 11 is 9.50. The molecule has 30 heavy (non-hydrogen) atoms. The number of aliphatic imine (C=N–C) groups is 1. The molecule has 0 fully saturated rings. The molecule has 3 rings (SSSR count). The molecule has 0 aliphatic heterocycles. The zero-order valence-corrected chi connectivity index (χ0v) is 21.7. The topological polar surface area (TPSA) is 67.1 Å². The first-order chi connectivity index (χ1) is 14.1. The van der Waals surface area contributed by atoms with Crippen molar-refractivity contribution >= 4 is 64.6 Å². The number of hydrogen-bond donors (Lipinski definition) is 2. The second-order valence-corrected chi connectivity index (χ2v) is 9.01. The minimum Gasteiger partial charge on any atom is -0.356 e. The molecule has 0 atom stereocenters. The second kappa shape index (κ2) is 13.2. The minimum atomic E-state index is 0. The highest BCUT2D eigenvalue weighted by molar-refractivity contribution is 14.0. The van der Waals surface area contributed by atoms with Crippen molar-refractivity contribution in [2.75, 3.05) is 18.8 Å². The van der Waals surface area contributed by atoms with Crippen LogP contribution >= 0.6 is 58.7 Å². The molecule has 0 aliphatic carbocycles. The van der Waals surface area contributed by atoms with Crippen molar-refractivity contribution in [3.8, 4) is 0 Å². The van der Waals surface area contributed by atoms with E-state index >= 15 is 0 Å². The van der Waals surface area contributed by atoms with Gasteiger partial charge < -0.3 is 15.2 Å². The van der Waals surface area contributed by atoms with Crippen molar-refractivity contribution in [3.05, 3.63) is 63.3 Å². The number of guanidine groups is 1. The molecule has 0 unspecified atom stereocenters. The maximum Gasteiger partial charge on any atom is 0.191 e. The molecular formula is C20H26ClIN6S2. The van der Waals surface area contributed by atoms with Crippen molar-refractivity contribution in [2.24, 2.45) is 12.0 Å². The van der Waals surface area contributed by atoms with Crippen molar-refractivity contribution in [3.63, 3.8) is 0 Å². The smallest absolute Gasteiger partial charge is 0.191 e. The summed E-state index contributed by atoms with van der Waals surface area (Å²) in [5.74, 6) is 3.45. The summed E-state index contributed by atoms with van der Waals surface area (Å²) in [6.45, 7) is 4.05. The van der Waals surface area contributed by atoms with Gasteiger partial charge in [-0.2, -0.15) is 0 Å². The van der Waals surface area contributed by atoms with Crippen LogP contribution in [0.5, 0.6) is 0 Å². The fraction of sp³-hybridized carbons (Fsp3) is 0.350. The lowest BCUT2D eigenvalue weighted by Gasteiger charge is -2.12. The van der Waals surface area contributed by atoms with Gasteiger partial charge in [-0.1, -0.05) is 17.7 Å². The Bertz CT molecular complexity index is 912. The SMILES string of the molecule is Cc1nnc(CN=C(NCCSc2ccc(Cl)cc2)NCCc2cccs2)n1C.I. The number of nitrogens with one attached hydrogen (secondary N) is 2. The molecule has 2 N–H and O–H groups in total. The summed E-state index contributed by atoms with van der Waals surface area (Å²) in [6.07, 6.45) is 0.973. The van der Waals surface area contributed by atoms with Crippen LogP contribution in [0.3, 0.4) is 0 Å². The number of benzene rings is 1. The number of hydrogen-bond acceptors (Lipinski definition) is 5. The molecule has 0 amide bonds. The summed E-state index contributed by atoms with van der Waals surface area (Å²) in [5, 5.41) is 18.0. The fourth-order valence-electron chi connectivity index (χ4n) is 2.54. The Hall–Kier alpha value is -1.30. The normalized spacial score (nSPS) is 11.2. The fourth-order valence-corrected chi connectivity index (χ4v) is 4.14. The van der Waals surface area contributed by atoms with E-state index in [0.29, 0.717) is 6.54 Å². The summed E-state index contributed by atoms with van der Waals surface area (Å²) in [4.78, 5) is 7.25. The lowest BCUT2D eigenvalue weighted by atomic mass is 10.3. The largest absolute Gasteiger partial charge is 0.356 e. The molecule has 3 aromatic rings. The van der Waals surface area contributed by atoms with Gasteiger partial charge in [-0.15, -0.1) is 57.3 Å². The molecule has 0 radical (unpaired) electrons. The van der Waals surface area contributed by atoms with Gasteiger partial charge in [-0.25, -0.2) is 4.99 Å². The average molecular weight is 577 g/mol. The molecule has 10 heteroatoms. The number of thiophene rings is 1. The van der Waals surface area contributed by atoms with Crippen LogP contribution in [0.1, 0.15) is 16.5 Å². The van der Waals surface area contributed by atoms with E-state index in [4.69, 9.17) is 16.6 Å². The number of aromatic nitrogens is 3. The van der Waals surface area contributed by atoms with Gasteiger partial charge in [0.15, 0.2) is 11.8 Å². The molecule has 0 saturated heterocycles. The van der Waals surface area contributed by atoms with Crippen LogP contribution < -0.4 is 10.6 Å². The first-order valence-corrected chi connectivity index (χ1v) is 11.6. The van der Waals surface area contributed by atoms with Gasteiger partial charge in [0.05, 0.1) is 0 Å². The Labute approximate surface area is 207 Å². The van der Waals surface area contributed by atoms with Crippen LogP contribution in [0.2, 0.25) is 5.02 Å². The quantitative estimate of drug-likeness (QED) is 0.129. The highest BCUT2D eigenvalue weighted by atomic mass is 127. The van der Waals surface area contributed by atoms with E-state index in [-0.39, 0.29) is 24.0 Å². The summed E-state index contributed by atoms with van der Waals surface area (Å²) in [5.41, 5.74) is 0. The molecule has 0 spiro atoms. The predicted octanol–water partition coefficient (Wildman–Crippen LogP) is 4.53. The van der Waals surface area contributed by atoms with E-state index < -0.39 is 0 Å². The maximum atomic E-state index is 5.94. The molecular weight excluding hydrogens is 551 g/mol. The standard InChI is InChI=1S/C20H25ClN6S2.HI/c1-15-25-26-19(27(15)2)14-24-20(22-10-9-17-4-3-12-28-17)23-11-13-29-18-7-5-16(21)6-8-18;/h3-8,12H,9-11,13-14H2,1-2H3,(H2,22,23,24);1H. The van der Waals surface area contributed by atoms with Crippen molar-refractivity contribution in [2.45, 2.75) is 24.8 Å². The van der Waals surface area contributed by atoms with Crippen LogP contribution in [0.15, 0.2) is 51.7 Å². The van der Waals surface area contributed by atoms with E-state index in [1.165, 1.54) is 9.77 Å². The number of aryl methyl sites for hydroxylation is 1. The van der Waals surface area contributed by atoms with Gasteiger partial charge in [0.25, 0.3) is 0 Å². The van der Waals surface area contributed by atoms with E-state index in [2.05, 4.69) is 38.3 Å². The third kappa shape index (κ3) is 8.09. The second-order valence-electron chi connectivity index (χ2n) is 6.37.